The van der Waals surface area contributed by atoms with Crippen LogP contribution in [0.25, 0.3) is 5.82 Å². The van der Waals surface area contributed by atoms with Gasteiger partial charge in [-0.25, -0.2) is 9.67 Å². The lowest BCUT2D eigenvalue weighted by molar-refractivity contribution is 0.698. The number of nitrogens with one attached hydrogen (secondary N) is 2. The van der Waals surface area contributed by atoms with Crippen LogP contribution in [0.4, 0.5) is 0 Å². The zero-order valence-electron chi connectivity index (χ0n) is 10.6. The van der Waals surface area contributed by atoms with Gasteiger partial charge in [-0.1, -0.05) is 6.07 Å². The van der Waals surface area contributed by atoms with Gasteiger partial charge >= 0.3 is 0 Å². The van der Waals surface area contributed by atoms with E-state index in [0.29, 0.717) is 6.54 Å². The Labute approximate surface area is 111 Å². The molecule has 19 heavy (non-hydrogen) atoms. The highest BCUT2D eigenvalue weighted by molar-refractivity contribution is 5.80. The van der Waals surface area contributed by atoms with Crippen molar-refractivity contribution in [2.75, 3.05) is 13.1 Å². The first kappa shape index (κ1) is 11.7. The monoisotopic (exact) mass is 256 g/mol. The molecular weight excluding hydrogens is 240 g/mol. The zero-order valence-corrected chi connectivity index (χ0v) is 10.6. The summed E-state index contributed by atoms with van der Waals surface area (Å²) < 4.78 is 1.77. The van der Waals surface area contributed by atoms with Gasteiger partial charge in [0.15, 0.2) is 11.8 Å². The quantitative estimate of drug-likeness (QED) is 0.848. The zero-order chi connectivity index (χ0) is 12.9. The molecule has 2 aromatic heterocycles. The summed E-state index contributed by atoms with van der Waals surface area (Å²) in [5.74, 6) is 1.71. The van der Waals surface area contributed by atoms with Crippen LogP contribution in [0.15, 0.2) is 41.8 Å². The van der Waals surface area contributed by atoms with Crippen LogP contribution >= 0.6 is 0 Å². The summed E-state index contributed by atoms with van der Waals surface area (Å²) in [5.41, 5.74) is 1.08. The minimum atomic E-state index is 0.675. The second-order valence-corrected chi connectivity index (χ2v) is 4.30. The van der Waals surface area contributed by atoms with E-state index in [1.807, 2.05) is 24.4 Å². The Bertz CT molecular complexity index is 560. The van der Waals surface area contributed by atoms with Crippen molar-refractivity contribution in [3.05, 3.63) is 42.4 Å². The van der Waals surface area contributed by atoms with E-state index in [9.17, 15) is 0 Å². The van der Waals surface area contributed by atoms with E-state index >= 15 is 0 Å². The van der Waals surface area contributed by atoms with Gasteiger partial charge in [0.1, 0.15) is 0 Å². The first-order valence-corrected chi connectivity index (χ1v) is 6.39. The van der Waals surface area contributed by atoms with E-state index in [0.717, 1.165) is 36.9 Å². The van der Waals surface area contributed by atoms with Crippen molar-refractivity contribution in [3.63, 3.8) is 0 Å². The molecule has 0 spiro atoms. The minimum Gasteiger partial charge on any atom is -0.356 e. The summed E-state index contributed by atoms with van der Waals surface area (Å²) in [6, 6.07) is 5.86. The van der Waals surface area contributed by atoms with Crippen LogP contribution in [-0.4, -0.2) is 33.8 Å². The number of rotatable bonds is 3. The lowest BCUT2D eigenvalue weighted by atomic mass is 10.2. The molecule has 0 aromatic carbocycles. The van der Waals surface area contributed by atoms with Gasteiger partial charge in [0.2, 0.25) is 0 Å². The third-order valence-electron chi connectivity index (χ3n) is 2.93. The SMILES string of the molecule is c1cnc(-n2cccn2)c(CNC2=NCCCN2)c1. The Morgan fingerprint density at radius 3 is 3.11 bits per heavy atom. The molecule has 0 saturated carbocycles. The molecule has 0 unspecified atom stereocenters. The average molecular weight is 256 g/mol. The summed E-state index contributed by atoms with van der Waals surface area (Å²) >= 11 is 0. The number of aromatic nitrogens is 3. The van der Waals surface area contributed by atoms with Crippen LogP contribution in [0.5, 0.6) is 0 Å². The van der Waals surface area contributed by atoms with Crippen LogP contribution in [0, 0.1) is 0 Å². The van der Waals surface area contributed by atoms with Crippen LogP contribution < -0.4 is 10.6 Å². The molecule has 98 valence electrons. The molecule has 0 atom stereocenters. The normalized spacial score (nSPS) is 14.6. The van der Waals surface area contributed by atoms with Gasteiger partial charge in [0, 0.05) is 43.8 Å². The number of hydrogen-bond donors (Lipinski definition) is 2. The molecule has 0 amide bonds. The first-order chi connectivity index (χ1) is 9.43. The topological polar surface area (TPSA) is 67.1 Å². The van der Waals surface area contributed by atoms with Crippen molar-refractivity contribution in [3.8, 4) is 5.82 Å². The number of nitrogens with zero attached hydrogens (tertiary/aromatic N) is 4. The number of aliphatic imine (C=N–C) groups is 1. The van der Waals surface area contributed by atoms with Gasteiger partial charge in [0.25, 0.3) is 0 Å². The van der Waals surface area contributed by atoms with Crippen LogP contribution in [-0.2, 0) is 6.54 Å². The summed E-state index contributed by atoms with van der Waals surface area (Å²) in [6.07, 6.45) is 6.51. The number of pyridine rings is 1. The predicted molar refractivity (Wildman–Crippen MR) is 73.1 cm³/mol. The highest BCUT2D eigenvalue weighted by atomic mass is 15.3. The van der Waals surface area contributed by atoms with E-state index in [1.54, 1.807) is 17.1 Å². The van der Waals surface area contributed by atoms with Crippen molar-refractivity contribution in [2.24, 2.45) is 4.99 Å². The molecule has 0 fully saturated rings. The maximum Gasteiger partial charge on any atom is 0.191 e. The van der Waals surface area contributed by atoms with Crippen LogP contribution in [0.3, 0.4) is 0 Å². The van der Waals surface area contributed by atoms with Gasteiger partial charge < -0.3 is 10.6 Å². The van der Waals surface area contributed by atoms with E-state index in [4.69, 9.17) is 0 Å². The molecular formula is C13H16N6. The highest BCUT2D eigenvalue weighted by Gasteiger charge is 2.08. The number of hydrogen-bond acceptors (Lipinski definition) is 5. The molecule has 6 nitrogen and oxygen atoms in total. The summed E-state index contributed by atoms with van der Waals surface area (Å²) in [5, 5.41) is 10.8. The summed E-state index contributed by atoms with van der Waals surface area (Å²) in [7, 11) is 0. The second kappa shape index (κ2) is 5.51. The Kier molecular flexibility index (Phi) is 3.40. The summed E-state index contributed by atoms with van der Waals surface area (Å²) in [6.45, 7) is 2.54. The van der Waals surface area contributed by atoms with E-state index in [2.05, 4.69) is 25.7 Å². The third kappa shape index (κ3) is 2.73. The summed E-state index contributed by atoms with van der Waals surface area (Å²) in [4.78, 5) is 8.77. The highest BCUT2D eigenvalue weighted by Crippen LogP contribution is 2.09. The molecule has 2 aromatic rings. The molecule has 2 N–H and O–H groups in total. The maximum atomic E-state index is 4.39. The maximum absolute atomic E-state index is 4.39. The average Bonchev–Trinajstić information content (AvgIpc) is 3.01. The van der Waals surface area contributed by atoms with Crippen molar-refractivity contribution in [1.29, 1.82) is 0 Å². The van der Waals surface area contributed by atoms with E-state index < -0.39 is 0 Å². The van der Waals surface area contributed by atoms with Crippen molar-refractivity contribution in [1.82, 2.24) is 25.4 Å². The number of guanidine groups is 1. The van der Waals surface area contributed by atoms with Gasteiger partial charge in [-0.3, -0.25) is 4.99 Å². The Hall–Kier alpha value is -2.37. The molecule has 3 heterocycles. The first-order valence-electron chi connectivity index (χ1n) is 6.39. The van der Waals surface area contributed by atoms with E-state index in [1.165, 1.54) is 0 Å². The minimum absolute atomic E-state index is 0.675. The lowest BCUT2D eigenvalue weighted by Gasteiger charge is -2.16. The molecule has 6 heteroatoms. The third-order valence-corrected chi connectivity index (χ3v) is 2.93. The second-order valence-electron chi connectivity index (χ2n) is 4.30. The van der Waals surface area contributed by atoms with E-state index in [-0.39, 0.29) is 0 Å². The fourth-order valence-corrected chi connectivity index (χ4v) is 2.00. The molecule has 3 rings (SSSR count). The molecule has 0 radical (unpaired) electrons. The van der Waals surface area contributed by atoms with Crippen molar-refractivity contribution < 1.29 is 0 Å². The van der Waals surface area contributed by atoms with Gasteiger partial charge in [0.05, 0.1) is 0 Å². The largest absolute Gasteiger partial charge is 0.356 e. The molecule has 0 saturated heterocycles. The van der Waals surface area contributed by atoms with Gasteiger partial charge in [-0.2, -0.15) is 5.10 Å². The smallest absolute Gasteiger partial charge is 0.191 e. The van der Waals surface area contributed by atoms with Crippen molar-refractivity contribution >= 4 is 5.96 Å². The lowest BCUT2D eigenvalue weighted by Crippen LogP contribution is -2.40. The fraction of sp³-hybridized carbons (Fsp3) is 0.308. The molecule has 0 bridgehead atoms. The standard InChI is InChI=1S/C13H16N6/c1-4-11(10-17-13-15-6-2-7-16-13)12(14-5-1)19-9-3-8-18-19/h1,3-5,8-9H,2,6-7,10H2,(H2,15,16,17). The van der Waals surface area contributed by atoms with Gasteiger partial charge in [-0.05, 0) is 18.6 Å². The Balaban J connectivity index is 1.76. The molecule has 1 aliphatic heterocycles. The van der Waals surface area contributed by atoms with Crippen molar-refractivity contribution in [2.45, 2.75) is 13.0 Å². The van der Waals surface area contributed by atoms with Crippen LogP contribution in [0.1, 0.15) is 12.0 Å². The Morgan fingerprint density at radius 1 is 1.32 bits per heavy atom. The molecule has 0 aliphatic carbocycles. The molecule has 1 aliphatic rings. The van der Waals surface area contributed by atoms with Crippen LogP contribution in [0.2, 0.25) is 0 Å². The Morgan fingerprint density at radius 2 is 2.32 bits per heavy atom. The predicted octanol–water partition coefficient (Wildman–Crippen LogP) is 0.706. The van der Waals surface area contributed by atoms with Gasteiger partial charge in [-0.15, -0.1) is 0 Å². The fourth-order valence-electron chi connectivity index (χ4n) is 2.00.